The molecule has 0 atom stereocenters. The molecule has 55 heavy (non-hydrogen) atoms. The third kappa shape index (κ3) is 6.18. The number of rotatable bonds is 7. The van der Waals surface area contributed by atoms with Crippen LogP contribution in [0.3, 0.4) is 0 Å². The van der Waals surface area contributed by atoms with Crippen molar-refractivity contribution in [3.63, 3.8) is 0 Å². The summed E-state index contributed by atoms with van der Waals surface area (Å²) in [5.74, 6) is 0. The van der Waals surface area contributed by atoms with Gasteiger partial charge in [0.1, 0.15) is 0 Å². The standard InChI is InChI=1S/C51H42N2.C2H6/c1-5-13-35(6-2)36-20-26-39(27-21-36)52(42-32-33-44-43-14-7-10-17-47(43)51(3,4)48(44)34-42)40-28-22-37(23-29-40)38-24-30-41(31-25-38)53-49-18-11-8-15-45(49)46-16-9-12-19-50(46)53;1-2/h5-34H,1-4H3;1-2H3/b13-5-,35-6+;. The van der Waals surface area contributed by atoms with E-state index in [-0.39, 0.29) is 5.41 Å². The first-order chi connectivity index (χ1) is 27.0. The Kier molecular flexibility index (Phi) is 9.59. The molecule has 0 aliphatic heterocycles. The van der Waals surface area contributed by atoms with Gasteiger partial charge in [0.05, 0.1) is 11.0 Å². The van der Waals surface area contributed by atoms with Crippen molar-refractivity contribution < 1.29 is 0 Å². The maximum absolute atomic E-state index is 2.40. The number of aromatic nitrogens is 1. The Balaban J connectivity index is 0.00000210. The highest BCUT2D eigenvalue weighted by atomic mass is 15.1. The molecule has 8 aromatic rings. The molecule has 0 amide bonds. The highest BCUT2D eigenvalue weighted by Crippen LogP contribution is 2.50. The summed E-state index contributed by atoms with van der Waals surface area (Å²) in [6.45, 7) is 12.9. The molecule has 1 heterocycles. The van der Waals surface area contributed by atoms with Gasteiger partial charge in [-0.1, -0.05) is 149 Å². The largest absolute Gasteiger partial charge is 0.310 e. The van der Waals surface area contributed by atoms with Crippen molar-refractivity contribution >= 4 is 44.4 Å². The SMILES string of the molecule is C/C=C\C(=C/C)c1ccc(N(c2ccc(-c3ccc(-n4c5ccccc5c5ccccc54)cc3)cc2)c2ccc3c(c2)C(C)(C)c2ccccc2-3)cc1.CC. The van der Waals surface area contributed by atoms with Crippen molar-refractivity contribution in [3.05, 3.63) is 199 Å². The van der Waals surface area contributed by atoms with Gasteiger partial charge in [0.25, 0.3) is 0 Å². The zero-order valence-corrected chi connectivity index (χ0v) is 32.7. The lowest BCUT2D eigenvalue weighted by Crippen LogP contribution is -2.16. The van der Waals surface area contributed by atoms with E-state index >= 15 is 0 Å². The molecule has 1 aliphatic rings. The van der Waals surface area contributed by atoms with Crippen molar-refractivity contribution in [2.24, 2.45) is 0 Å². The summed E-state index contributed by atoms with van der Waals surface area (Å²) >= 11 is 0. The molecule has 0 saturated carbocycles. The molecule has 1 aliphatic carbocycles. The van der Waals surface area contributed by atoms with Gasteiger partial charge in [-0.15, -0.1) is 0 Å². The minimum atomic E-state index is -0.0833. The molecule has 0 unspecified atom stereocenters. The fourth-order valence-electron chi connectivity index (χ4n) is 8.43. The van der Waals surface area contributed by atoms with Gasteiger partial charge in [0, 0.05) is 38.9 Å². The van der Waals surface area contributed by atoms with E-state index in [2.05, 4.69) is 219 Å². The number of hydrogen-bond acceptors (Lipinski definition) is 1. The first kappa shape index (κ1) is 35.6. The summed E-state index contributed by atoms with van der Waals surface area (Å²) < 4.78 is 2.37. The number of benzene rings is 7. The van der Waals surface area contributed by atoms with Gasteiger partial charge >= 0.3 is 0 Å². The molecule has 1 aromatic heterocycles. The molecule has 0 spiro atoms. The molecule has 0 N–H and O–H groups in total. The van der Waals surface area contributed by atoms with Crippen LogP contribution in [0.4, 0.5) is 17.1 Å². The average molecular weight is 713 g/mol. The number of hydrogen-bond donors (Lipinski definition) is 0. The fourth-order valence-corrected chi connectivity index (χ4v) is 8.43. The summed E-state index contributed by atoms with van der Waals surface area (Å²) in [5.41, 5.74) is 17.1. The molecular weight excluding hydrogens is 665 g/mol. The van der Waals surface area contributed by atoms with Crippen LogP contribution in [-0.2, 0) is 5.41 Å². The van der Waals surface area contributed by atoms with Crippen molar-refractivity contribution in [1.82, 2.24) is 4.57 Å². The van der Waals surface area contributed by atoms with Crippen LogP contribution in [0, 0.1) is 0 Å². The van der Waals surface area contributed by atoms with Gasteiger partial charge in [0.2, 0.25) is 0 Å². The van der Waals surface area contributed by atoms with Gasteiger partial charge in [-0.05, 0) is 119 Å². The molecule has 0 saturated heterocycles. The molecule has 2 heteroatoms. The summed E-state index contributed by atoms with van der Waals surface area (Å²) in [7, 11) is 0. The predicted octanol–water partition coefficient (Wildman–Crippen LogP) is 15.2. The zero-order chi connectivity index (χ0) is 38.1. The zero-order valence-electron chi connectivity index (χ0n) is 32.7. The van der Waals surface area contributed by atoms with Crippen LogP contribution in [0.25, 0.3) is 55.3 Å². The van der Waals surface area contributed by atoms with E-state index in [1.807, 2.05) is 13.8 Å². The van der Waals surface area contributed by atoms with E-state index in [0.29, 0.717) is 0 Å². The summed E-state index contributed by atoms with van der Waals surface area (Å²) in [5, 5.41) is 2.55. The minimum Gasteiger partial charge on any atom is -0.310 e. The monoisotopic (exact) mass is 712 g/mol. The lowest BCUT2D eigenvalue weighted by atomic mass is 9.82. The second kappa shape index (κ2) is 14.8. The molecular formula is C53H48N2. The van der Waals surface area contributed by atoms with E-state index in [1.54, 1.807) is 0 Å². The van der Waals surface area contributed by atoms with Gasteiger partial charge in [-0.25, -0.2) is 0 Å². The highest BCUT2D eigenvalue weighted by molar-refractivity contribution is 6.09. The fraction of sp³-hybridized carbons (Fsp3) is 0.132. The normalized spacial score (nSPS) is 13.1. The second-order valence-electron chi connectivity index (χ2n) is 14.5. The third-order valence-corrected chi connectivity index (χ3v) is 11.1. The number of nitrogens with zero attached hydrogens (tertiary/aromatic N) is 2. The van der Waals surface area contributed by atoms with Crippen LogP contribution < -0.4 is 4.90 Å². The van der Waals surface area contributed by atoms with Gasteiger partial charge in [-0.2, -0.15) is 0 Å². The lowest BCUT2D eigenvalue weighted by molar-refractivity contribution is 0.660. The molecule has 270 valence electrons. The van der Waals surface area contributed by atoms with Gasteiger partial charge < -0.3 is 9.47 Å². The van der Waals surface area contributed by atoms with Crippen LogP contribution in [0.15, 0.2) is 182 Å². The number of para-hydroxylation sites is 2. The van der Waals surface area contributed by atoms with Crippen LogP contribution in [-0.4, -0.2) is 4.57 Å². The Bertz CT molecular complexity index is 2630. The van der Waals surface area contributed by atoms with Crippen molar-refractivity contribution in [3.8, 4) is 27.9 Å². The molecule has 9 rings (SSSR count). The Hall–Kier alpha value is -6.38. The summed E-state index contributed by atoms with van der Waals surface area (Å²) in [4.78, 5) is 2.39. The topological polar surface area (TPSA) is 8.17 Å². The summed E-state index contributed by atoms with van der Waals surface area (Å²) in [6, 6.07) is 60.2. The highest BCUT2D eigenvalue weighted by Gasteiger charge is 2.35. The van der Waals surface area contributed by atoms with Crippen LogP contribution in [0.5, 0.6) is 0 Å². The molecule has 0 radical (unpaired) electrons. The Morgan fingerprint density at radius 1 is 0.527 bits per heavy atom. The van der Waals surface area contributed by atoms with E-state index < -0.39 is 0 Å². The lowest BCUT2D eigenvalue weighted by Gasteiger charge is -2.28. The summed E-state index contributed by atoms with van der Waals surface area (Å²) in [6.07, 6.45) is 6.43. The quantitative estimate of drug-likeness (QED) is 0.149. The smallest absolute Gasteiger partial charge is 0.0541 e. The number of anilines is 3. The molecule has 0 fully saturated rings. The average Bonchev–Trinajstić information content (AvgIpc) is 3.70. The Labute approximate surface area is 326 Å². The molecule has 7 aromatic carbocycles. The van der Waals surface area contributed by atoms with Crippen molar-refractivity contribution in [2.75, 3.05) is 4.90 Å². The van der Waals surface area contributed by atoms with E-state index in [0.717, 1.165) is 22.7 Å². The van der Waals surface area contributed by atoms with E-state index in [1.165, 1.54) is 66.3 Å². The van der Waals surface area contributed by atoms with E-state index in [9.17, 15) is 0 Å². The Morgan fingerprint density at radius 2 is 1.04 bits per heavy atom. The Morgan fingerprint density at radius 3 is 1.64 bits per heavy atom. The number of allylic oxidation sites excluding steroid dienone is 4. The van der Waals surface area contributed by atoms with Crippen LogP contribution in [0.2, 0.25) is 0 Å². The third-order valence-electron chi connectivity index (χ3n) is 11.1. The minimum absolute atomic E-state index is 0.0833. The molecule has 0 bridgehead atoms. The second-order valence-corrected chi connectivity index (χ2v) is 14.5. The number of fused-ring (bicyclic) bond motifs is 6. The van der Waals surface area contributed by atoms with Gasteiger partial charge in [-0.3, -0.25) is 0 Å². The van der Waals surface area contributed by atoms with Gasteiger partial charge in [0.15, 0.2) is 0 Å². The van der Waals surface area contributed by atoms with Crippen molar-refractivity contribution in [2.45, 2.75) is 47.0 Å². The first-order valence-electron chi connectivity index (χ1n) is 19.6. The van der Waals surface area contributed by atoms with Crippen LogP contribution >= 0.6 is 0 Å². The molecule has 2 nitrogen and oxygen atoms in total. The maximum atomic E-state index is 2.40. The predicted molar refractivity (Wildman–Crippen MR) is 238 cm³/mol. The van der Waals surface area contributed by atoms with Crippen LogP contribution in [0.1, 0.15) is 58.2 Å². The maximum Gasteiger partial charge on any atom is 0.0541 e. The van der Waals surface area contributed by atoms with E-state index in [4.69, 9.17) is 0 Å². The van der Waals surface area contributed by atoms with Crippen molar-refractivity contribution in [1.29, 1.82) is 0 Å². The first-order valence-corrected chi connectivity index (χ1v) is 19.6.